The Morgan fingerprint density at radius 3 is 2.81 bits per heavy atom. The third kappa shape index (κ3) is 2.64. The van der Waals surface area contributed by atoms with E-state index in [9.17, 15) is 0 Å². The van der Waals surface area contributed by atoms with E-state index < -0.39 is 0 Å². The molecule has 114 valence electrons. The Morgan fingerprint density at radius 2 is 2.19 bits per heavy atom. The van der Waals surface area contributed by atoms with E-state index >= 15 is 0 Å². The molecule has 1 saturated carbocycles. The van der Waals surface area contributed by atoms with Gasteiger partial charge in [-0.3, -0.25) is 0 Å². The highest BCUT2D eigenvalue weighted by Crippen LogP contribution is 2.57. The first kappa shape index (κ1) is 14.7. The molecule has 0 radical (unpaired) electrons. The Bertz CT molecular complexity index is 648. The Hall–Kier alpha value is -1.22. The van der Waals surface area contributed by atoms with Crippen LogP contribution < -0.4 is 4.74 Å². The maximum absolute atomic E-state index is 5.97. The van der Waals surface area contributed by atoms with Gasteiger partial charge in [0.15, 0.2) is 0 Å². The number of para-hydroxylation sites is 1. The number of fused-ring (bicyclic) bond motifs is 1. The number of halogens is 1. The first-order valence-corrected chi connectivity index (χ1v) is 8.30. The zero-order chi connectivity index (χ0) is 15.0. The van der Waals surface area contributed by atoms with Crippen molar-refractivity contribution in [1.82, 2.24) is 9.55 Å². The molecule has 1 aromatic carbocycles. The molecule has 1 atom stereocenters. The Labute approximate surface area is 131 Å². The van der Waals surface area contributed by atoms with Gasteiger partial charge in [0.2, 0.25) is 0 Å². The van der Waals surface area contributed by atoms with Crippen LogP contribution in [0.15, 0.2) is 18.2 Å². The van der Waals surface area contributed by atoms with E-state index in [1.54, 1.807) is 0 Å². The lowest BCUT2D eigenvalue weighted by Crippen LogP contribution is -2.06. The smallest absolute Gasteiger partial charge is 0.147 e. The molecular formula is C17H23ClN2O. The number of aryl methyl sites for hydroxylation is 1. The van der Waals surface area contributed by atoms with Crippen molar-refractivity contribution in [2.45, 2.75) is 46.1 Å². The van der Waals surface area contributed by atoms with E-state index in [2.05, 4.69) is 37.5 Å². The molecule has 0 N–H and O–H groups in total. The number of hydrogen-bond acceptors (Lipinski definition) is 2. The van der Waals surface area contributed by atoms with E-state index in [0.717, 1.165) is 36.5 Å². The lowest BCUT2D eigenvalue weighted by molar-refractivity contribution is 0.320. The van der Waals surface area contributed by atoms with Gasteiger partial charge in [-0.05, 0) is 30.4 Å². The van der Waals surface area contributed by atoms with Gasteiger partial charge in [0.05, 0.1) is 12.1 Å². The van der Waals surface area contributed by atoms with Gasteiger partial charge >= 0.3 is 0 Å². The summed E-state index contributed by atoms with van der Waals surface area (Å²) in [5, 5.41) is 0. The normalized spacial score (nSPS) is 19.9. The van der Waals surface area contributed by atoms with Gasteiger partial charge in [0.1, 0.15) is 17.1 Å². The highest BCUT2D eigenvalue weighted by atomic mass is 35.5. The van der Waals surface area contributed by atoms with Crippen molar-refractivity contribution in [2.24, 2.45) is 5.41 Å². The van der Waals surface area contributed by atoms with Crippen LogP contribution in [0.2, 0.25) is 0 Å². The summed E-state index contributed by atoms with van der Waals surface area (Å²) in [4.78, 5) is 4.84. The molecule has 1 unspecified atom stereocenters. The molecule has 1 aliphatic rings. The first-order chi connectivity index (χ1) is 10.1. The molecule has 0 saturated heterocycles. The number of benzene rings is 1. The molecule has 1 aliphatic carbocycles. The minimum absolute atomic E-state index is 0.356. The second-order valence-electron chi connectivity index (χ2n) is 6.52. The Morgan fingerprint density at radius 1 is 1.43 bits per heavy atom. The lowest BCUT2D eigenvalue weighted by Gasteiger charge is -2.11. The fourth-order valence-electron chi connectivity index (χ4n) is 2.96. The highest BCUT2D eigenvalue weighted by molar-refractivity contribution is 6.17. The summed E-state index contributed by atoms with van der Waals surface area (Å²) in [5.74, 6) is 2.58. The molecule has 1 heterocycles. The number of aromatic nitrogens is 2. The first-order valence-electron chi connectivity index (χ1n) is 7.77. The minimum Gasteiger partial charge on any atom is -0.491 e. The Kier molecular flexibility index (Phi) is 3.87. The predicted octanol–water partition coefficient (Wildman–Crippen LogP) is 4.58. The third-order valence-corrected chi connectivity index (χ3v) is 4.50. The number of alkyl halides is 1. The molecule has 0 aliphatic heterocycles. The number of rotatable bonds is 6. The van der Waals surface area contributed by atoms with Gasteiger partial charge in [0.25, 0.3) is 0 Å². The molecule has 0 amide bonds. The minimum atomic E-state index is 0.356. The van der Waals surface area contributed by atoms with Crippen molar-refractivity contribution < 1.29 is 4.74 Å². The molecular weight excluding hydrogens is 284 g/mol. The molecule has 3 rings (SSSR count). The van der Waals surface area contributed by atoms with Crippen LogP contribution in [0.25, 0.3) is 11.0 Å². The number of ether oxygens (including phenoxy) is 1. The summed E-state index contributed by atoms with van der Waals surface area (Å²) in [6, 6.07) is 6.75. The summed E-state index contributed by atoms with van der Waals surface area (Å²) in [6.07, 6.45) is 3.01. The topological polar surface area (TPSA) is 27.1 Å². The molecule has 3 nitrogen and oxygen atoms in total. The highest BCUT2D eigenvalue weighted by Gasteiger charge is 2.48. The average molecular weight is 307 g/mol. The number of imidazole rings is 1. The monoisotopic (exact) mass is 306 g/mol. The third-order valence-electron chi connectivity index (χ3n) is 4.31. The van der Waals surface area contributed by atoms with Crippen molar-refractivity contribution in [3.05, 3.63) is 24.0 Å². The largest absolute Gasteiger partial charge is 0.491 e. The quantitative estimate of drug-likeness (QED) is 0.731. The SMILES string of the molecule is CCCOc1cccc2c1nc(CCCl)n2C1CC1(C)C. The van der Waals surface area contributed by atoms with Gasteiger partial charge in [0, 0.05) is 18.3 Å². The molecule has 2 aromatic rings. The van der Waals surface area contributed by atoms with Gasteiger partial charge in [-0.15, -0.1) is 11.6 Å². The van der Waals surface area contributed by atoms with Crippen molar-refractivity contribution in [3.63, 3.8) is 0 Å². The molecule has 21 heavy (non-hydrogen) atoms. The van der Waals surface area contributed by atoms with Crippen LogP contribution >= 0.6 is 11.6 Å². The van der Waals surface area contributed by atoms with Crippen molar-refractivity contribution >= 4 is 22.6 Å². The second kappa shape index (κ2) is 5.53. The van der Waals surface area contributed by atoms with Crippen molar-refractivity contribution in [3.8, 4) is 5.75 Å². The van der Waals surface area contributed by atoms with E-state index in [0.29, 0.717) is 17.3 Å². The fraction of sp³-hybridized carbons (Fsp3) is 0.588. The zero-order valence-electron chi connectivity index (χ0n) is 13.0. The maximum atomic E-state index is 5.97. The maximum Gasteiger partial charge on any atom is 0.147 e. The van der Waals surface area contributed by atoms with Crippen LogP contribution in [0, 0.1) is 5.41 Å². The summed E-state index contributed by atoms with van der Waals surface area (Å²) in [5.41, 5.74) is 2.52. The van der Waals surface area contributed by atoms with Crippen LogP contribution in [-0.4, -0.2) is 22.0 Å². The predicted molar refractivity (Wildman–Crippen MR) is 87.4 cm³/mol. The molecule has 0 spiro atoms. The van der Waals surface area contributed by atoms with Gasteiger partial charge in [-0.2, -0.15) is 0 Å². The zero-order valence-corrected chi connectivity index (χ0v) is 13.8. The van der Waals surface area contributed by atoms with Crippen molar-refractivity contribution in [1.29, 1.82) is 0 Å². The van der Waals surface area contributed by atoms with E-state index in [-0.39, 0.29) is 0 Å². The number of nitrogens with zero attached hydrogens (tertiary/aromatic N) is 2. The van der Waals surface area contributed by atoms with Gasteiger partial charge in [-0.25, -0.2) is 4.98 Å². The second-order valence-corrected chi connectivity index (χ2v) is 6.90. The molecule has 1 aromatic heterocycles. The Balaban J connectivity index is 2.09. The molecule has 1 fully saturated rings. The lowest BCUT2D eigenvalue weighted by atomic mass is 10.2. The van der Waals surface area contributed by atoms with Crippen LogP contribution in [0.1, 0.15) is 45.5 Å². The summed E-state index contributed by atoms with van der Waals surface area (Å²) >= 11 is 5.97. The number of hydrogen-bond donors (Lipinski definition) is 0. The van der Waals surface area contributed by atoms with E-state index in [1.807, 2.05) is 6.07 Å². The van der Waals surface area contributed by atoms with Crippen LogP contribution in [0.5, 0.6) is 5.75 Å². The van der Waals surface area contributed by atoms with E-state index in [4.69, 9.17) is 21.3 Å². The standard InChI is InChI=1S/C17H23ClN2O/c1-4-10-21-13-7-5-6-12-16(13)19-15(8-9-18)20(12)14-11-17(14,2)3/h5-7,14H,4,8-11H2,1-3H3. The van der Waals surface area contributed by atoms with Gasteiger partial charge < -0.3 is 9.30 Å². The molecule has 4 heteroatoms. The van der Waals surface area contributed by atoms with Crippen molar-refractivity contribution in [2.75, 3.05) is 12.5 Å². The fourth-order valence-corrected chi connectivity index (χ4v) is 3.13. The molecule has 0 bridgehead atoms. The summed E-state index contributed by atoms with van der Waals surface area (Å²) in [6.45, 7) is 7.47. The average Bonchev–Trinajstić information content (AvgIpc) is 2.92. The van der Waals surface area contributed by atoms with Crippen LogP contribution in [0.3, 0.4) is 0 Å². The summed E-state index contributed by atoms with van der Waals surface area (Å²) in [7, 11) is 0. The van der Waals surface area contributed by atoms with E-state index in [1.165, 1.54) is 11.9 Å². The van der Waals surface area contributed by atoms with Crippen LogP contribution in [0.4, 0.5) is 0 Å². The van der Waals surface area contributed by atoms with Crippen LogP contribution in [-0.2, 0) is 6.42 Å². The van der Waals surface area contributed by atoms with Gasteiger partial charge in [-0.1, -0.05) is 26.8 Å². The summed E-state index contributed by atoms with van der Waals surface area (Å²) < 4.78 is 8.24.